The summed E-state index contributed by atoms with van der Waals surface area (Å²) in [5.74, 6) is 0.302. The van der Waals surface area contributed by atoms with E-state index in [-0.39, 0.29) is 23.1 Å². The van der Waals surface area contributed by atoms with E-state index in [0.717, 1.165) is 12.8 Å². The number of tetrazole rings is 1. The topological polar surface area (TPSA) is 96.5 Å². The number of thioether (sulfide) groups is 1. The van der Waals surface area contributed by atoms with Crippen LogP contribution in [0.2, 0.25) is 0 Å². The summed E-state index contributed by atoms with van der Waals surface area (Å²) in [6, 6.07) is 2.21. The van der Waals surface area contributed by atoms with E-state index in [9.17, 15) is 10.1 Å². The van der Waals surface area contributed by atoms with E-state index in [2.05, 4.69) is 26.9 Å². The molecule has 0 spiro atoms. The molecule has 1 N–H and O–H groups in total. The van der Waals surface area contributed by atoms with Gasteiger partial charge in [-0.05, 0) is 56.9 Å². The zero-order chi connectivity index (χ0) is 15.7. The van der Waals surface area contributed by atoms with Crippen molar-refractivity contribution in [3.05, 3.63) is 0 Å². The van der Waals surface area contributed by atoms with Crippen LogP contribution in [0.5, 0.6) is 0 Å². The molecular weight excluding hydrogens is 288 g/mol. The van der Waals surface area contributed by atoms with E-state index in [1.807, 2.05) is 20.8 Å². The highest BCUT2D eigenvalue weighted by atomic mass is 32.2. The second-order valence-electron chi connectivity index (χ2n) is 6.47. The third kappa shape index (κ3) is 3.73. The second kappa shape index (κ2) is 5.64. The van der Waals surface area contributed by atoms with Crippen molar-refractivity contribution in [3.8, 4) is 6.07 Å². The molecule has 0 aromatic carbocycles. The molecule has 7 nitrogen and oxygen atoms in total. The normalized spacial score (nSPS) is 17.9. The van der Waals surface area contributed by atoms with Gasteiger partial charge in [0.25, 0.3) is 0 Å². The van der Waals surface area contributed by atoms with E-state index >= 15 is 0 Å². The first kappa shape index (κ1) is 15.8. The van der Waals surface area contributed by atoms with Gasteiger partial charge in [-0.1, -0.05) is 11.8 Å². The molecule has 8 heteroatoms. The number of nitrogens with one attached hydrogen (secondary N) is 1. The Kier molecular flexibility index (Phi) is 4.23. The summed E-state index contributed by atoms with van der Waals surface area (Å²) in [4.78, 5) is 12.0. The van der Waals surface area contributed by atoms with E-state index in [1.54, 1.807) is 11.6 Å². The number of hydrogen-bond acceptors (Lipinski definition) is 6. The Bertz CT molecular complexity index is 568. The predicted octanol–water partition coefficient (Wildman–Crippen LogP) is 1.33. The minimum absolute atomic E-state index is 0.167. The summed E-state index contributed by atoms with van der Waals surface area (Å²) >= 11 is 1.28. The number of rotatable bonds is 5. The van der Waals surface area contributed by atoms with Crippen molar-refractivity contribution in [1.29, 1.82) is 5.26 Å². The van der Waals surface area contributed by atoms with Crippen LogP contribution in [0.3, 0.4) is 0 Å². The lowest BCUT2D eigenvalue weighted by atomic mass is 9.98. The molecule has 1 amide bonds. The lowest BCUT2D eigenvalue weighted by Gasteiger charge is -2.23. The summed E-state index contributed by atoms with van der Waals surface area (Å²) in [6.45, 7) is 7.76. The molecule has 0 radical (unpaired) electrons. The molecular formula is C13H20N6OS. The average molecular weight is 308 g/mol. The lowest BCUT2D eigenvalue weighted by molar-refractivity contribution is -0.119. The predicted molar refractivity (Wildman–Crippen MR) is 78.4 cm³/mol. The quantitative estimate of drug-likeness (QED) is 0.824. The zero-order valence-corrected chi connectivity index (χ0v) is 13.6. The van der Waals surface area contributed by atoms with Gasteiger partial charge in [0.2, 0.25) is 11.1 Å². The van der Waals surface area contributed by atoms with E-state index < -0.39 is 5.54 Å². The summed E-state index contributed by atoms with van der Waals surface area (Å²) < 4.78 is 1.69. The van der Waals surface area contributed by atoms with Gasteiger partial charge in [-0.25, -0.2) is 4.68 Å². The summed E-state index contributed by atoms with van der Waals surface area (Å²) in [7, 11) is 0. The fraction of sp³-hybridized carbons (Fsp3) is 0.769. The first-order valence-corrected chi connectivity index (χ1v) is 7.89. The van der Waals surface area contributed by atoms with Crippen molar-refractivity contribution in [2.24, 2.45) is 5.92 Å². The number of carbonyl (C=O) groups excluding carboxylic acids is 1. The van der Waals surface area contributed by atoms with Crippen LogP contribution in [-0.4, -0.2) is 37.4 Å². The summed E-state index contributed by atoms with van der Waals surface area (Å²) in [5.41, 5.74) is -0.995. The molecule has 1 aliphatic carbocycles. The minimum Gasteiger partial charge on any atom is -0.337 e. The van der Waals surface area contributed by atoms with E-state index in [4.69, 9.17) is 0 Å². The van der Waals surface area contributed by atoms with Gasteiger partial charge in [-0.2, -0.15) is 5.26 Å². The highest BCUT2D eigenvalue weighted by Crippen LogP contribution is 2.39. The van der Waals surface area contributed by atoms with Gasteiger partial charge in [0.05, 0.1) is 17.4 Å². The molecule has 1 unspecified atom stereocenters. The smallest absolute Gasteiger partial charge is 0.231 e. The number of carbonyl (C=O) groups is 1. The van der Waals surface area contributed by atoms with Crippen LogP contribution in [0.4, 0.5) is 0 Å². The molecule has 1 aromatic rings. The van der Waals surface area contributed by atoms with Crippen molar-refractivity contribution < 1.29 is 4.79 Å². The van der Waals surface area contributed by atoms with Crippen LogP contribution in [-0.2, 0) is 10.3 Å². The Morgan fingerprint density at radius 2 is 2.14 bits per heavy atom. The molecule has 1 heterocycles. The van der Waals surface area contributed by atoms with E-state index in [0.29, 0.717) is 5.16 Å². The first-order valence-electron chi connectivity index (χ1n) is 6.90. The highest BCUT2D eigenvalue weighted by molar-refractivity contribution is 7.99. The number of amides is 1. The standard InChI is InChI=1S/C13H20N6OS/c1-12(2,3)19-11(16-17-18-19)21-7-10(20)15-13(4,8-14)9-5-6-9/h9H,5-7H2,1-4H3,(H,15,20). The number of nitriles is 1. The fourth-order valence-corrected chi connectivity index (χ4v) is 2.89. The van der Waals surface area contributed by atoms with Crippen LogP contribution in [0.1, 0.15) is 40.5 Å². The molecule has 1 aliphatic rings. The van der Waals surface area contributed by atoms with Gasteiger partial charge in [-0.15, -0.1) is 5.10 Å². The number of hydrogen-bond donors (Lipinski definition) is 1. The molecule has 1 fully saturated rings. The van der Waals surface area contributed by atoms with Crippen molar-refractivity contribution in [2.45, 2.75) is 56.8 Å². The third-order valence-corrected chi connectivity index (χ3v) is 4.35. The van der Waals surface area contributed by atoms with E-state index in [1.165, 1.54) is 11.8 Å². The molecule has 114 valence electrons. The maximum atomic E-state index is 12.0. The zero-order valence-electron chi connectivity index (χ0n) is 12.8. The Morgan fingerprint density at radius 1 is 1.48 bits per heavy atom. The van der Waals surface area contributed by atoms with Crippen LogP contribution in [0, 0.1) is 17.2 Å². The highest BCUT2D eigenvalue weighted by Gasteiger charge is 2.43. The maximum Gasteiger partial charge on any atom is 0.231 e. The van der Waals surface area contributed by atoms with Crippen molar-refractivity contribution in [3.63, 3.8) is 0 Å². The monoisotopic (exact) mass is 308 g/mol. The first-order chi connectivity index (χ1) is 9.76. The summed E-state index contributed by atoms with van der Waals surface area (Å²) in [6.07, 6.45) is 2.00. The van der Waals surface area contributed by atoms with Gasteiger partial charge in [0.1, 0.15) is 5.54 Å². The molecule has 1 atom stereocenters. The van der Waals surface area contributed by atoms with Crippen molar-refractivity contribution in [2.75, 3.05) is 5.75 Å². The molecule has 0 bridgehead atoms. The van der Waals surface area contributed by atoms with Crippen LogP contribution in [0.25, 0.3) is 0 Å². The van der Waals surface area contributed by atoms with Crippen molar-refractivity contribution in [1.82, 2.24) is 25.5 Å². The second-order valence-corrected chi connectivity index (χ2v) is 7.41. The van der Waals surface area contributed by atoms with Gasteiger partial charge in [-0.3, -0.25) is 4.79 Å². The van der Waals surface area contributed by atoms with Gasteiger partial charge in [0.15, 0.2) is 0 Å². The van der Waals surface area contributed by atoms with Gasteiger partial charge in [0, 0.05) is 0 Å². The fourth-order valence-electron chi connectivity index (χ4n) is 2.03. The Balaban J connectivity index is 1.93. The number of aromatic nitrogens is 4. The number of nitrogens with zero attached hydrogens (tertiary/aromatic N) is 5. The van der Waals surface area contributed by atoms with Gasteiger partial charge < -0.3 is 5.32 Å². The minimum atomic E-state index is -0.756. The summed E-state index contributed by atoms with van der Waals surface area (Å²) in [5, 5.41) is 24.2. The molecule has 0 aliphatic heterocycles. The molecule has 1 saturated carbocycles. The molecule has 0 saturated heterocycles. The SMILES string of the molecule is CC(C#N)(NC(=O)CSc1nnnn1C(C)(C)C)C1CC1. The average Bonchev–Trinajstić information content (AvgIpc) is 3.14. The van der Waals surface area contributed by atoms with Crippen molar-refractivity contribution >= 4 is 17.7 Å². The van der Waals surface area contributed by atoms with Crippen LogP contribution >= 0.6 is 11.8 Å². The third-order valence-electron chi connectivity index (χ3n) is 3.43. The largest absolute Gasteiger partial charge is 0.337 e. The van der Waals surface area contributed by atoms with Crippen LogP contribution < -0.4 is 5.32 Å². The van der Waals surface area contributed by atoms with Gasteiger partial charge >= 0.3 is 0 Å². The Morgan fingerprint density at radius 3 is 2.67 bits per heavy atom. The molecule has 21 heavy (non-hydrogen) atoms. The molecule has 2 rings (SSSR count). The Labute approximate surface area is 128 Å². The maximum absolute atomic E-state index is 12.0. The molecule has 1 aromatic heterocycles. The lowest BCUT2D eigenvalue weighted by Crippen LogP contribution is -2.47. The Hall–Kier alpha value is -1.62. The van der Waals surface area contributed by atoms with Crippen LogP contribution in [0.15, 0.2) is 5.16 Å².